The Labute approximate surface area is 207 Å². The van der Waals surface area contributed by atoms with Crippen LogP contribution in [-0.2, 0) is 30.3 Å². The lowest BCUT2D eigenvalue weighted by Crippen LogP contribution is -2.52. The molecule has 2 unspecified atom stereocenters. The molecule has 0 heterocycles. The Bertz CT molecular complexity index is 884. The van der Waals surface area contributed by atoms with Crippen LogP contribution >= 0.6 is 0 Å². The maximum Gasteiger partial charge on any atom is 0.324 e. The molecule has 0 radical (unpaired) electrons. The molecule has 9 nitrogen and oxygen atoms in total. The van der Waals surface area contributed by atoms with E-state index in [0.29, 0.717) is 18.4 Å². The Balaban J connectivity index is 3.10. The van der Waals surface area contributed by atoms with Crippen molar-refractivity contribution in [1.82, 2.24) is 0 Å². The van der Waals surface area contributed by atoms with Crippen LogP contribution in [-0.4, -0.2) is 40.6 Å². The average Bonchev–Trinajstić information content (AvgIpc) is 2.75. The highest BCUT2D eigenvalue weighted by Gasteiger charge is 2.37. The molecule has 0 aliphatic carbocycles. The van der Waals surface area contributed by atoms with Gasteiger partial charge in [-0.1, -0.05) is 40.2 Å². The molecule has 35 heavy (non-hydrogen) atoms. The van der Waals surface area contributed by atoms with Crippen molar-refractivity contribution < 1.29 is 38.5 Å². The maximum atomic E-state index is 12.1. The van der Waals surface area contributed by atoms with Crippen molar-refractivity contribution >= 4 is 23.9 Å². The summed E-state index contributed by atoms with van der Waals surface area (Å²) < 4.78 is 16.1. The first-order valence-corrected chi connectivity index (χ1v) is 12.2. The van der Waals surface area contributed by atoms with Crippen LogP contribution in [0.15, 0.2) is 18.2 Å². The Morgan fingerprint density at radius 1 is 0.943 bits per heavy atom. The fourth-order valence-electron chi connectivity index (χ4n) is 3.44. The Morgan fingerprint density at radius 2 is 1.51 bits per heavy atom. The molecule has 1 rings (SSSR count). The first-order chi connectivity index (χ1) is 16.4. The van der Waals surface area contributed by atoms with Crippen LogP contribution in [0.1, 0.15) is 85.1 Å². The minimum Gasteiger partial charge on any atom is -0.480 e. The molecule has 0 aliphatic heterocycles. The van der Waals surface area contributed by atoms with Gasteiger partial charge in [-0.05, 0) is 43.4 Å². The summed E-state index contributed by atoms with van der Waals surface area (Å²) >= 11 is 0. The molecule has 0 fully saturated rings. The second kappa shape index (κ2) is 14.5. The Hall–Kier alpha value is -2.94. The van der Waals surface area contributed by atoms with Crippen molar-refractivity contribution in [2.24, 2.45) is 11.7 Å². The monoisotopic (exact) mass is 493 g/mol. The molecule has 0 saturated heterocycles. The molecule has 1 aromatic rings. The number of hydrogen-bond acceptors (Lipinski definition) is 8. The van der Waals surface area contributed by atoms with Gasteiger partial charge in [0.25, 0.3) is 0 Å². The van der Waals surface area contributed by atoms with Crippen LogP contribution in [0.3, 0.4) is 0 Å². The molecule has 9 heteroatoms. The van der Waals surface area contributed by atoms with E-state index >= 15 is 0 Å². The van der Waals surface area contributed by atoms with E-state index < -0.39 is 35.5 Å². The van der Waals surface area contributed by atoms with Crippen LogP contribution in [0.25, 0.3) is 0 Å². The van der Waals surface area contributed by atoms with Gasteiger partial charge in [-0.25, -0.2) is 0 Å². The highest BCUT2D eigenvalue weighted by atomic mass is 16.6. The molecular formula is C26H39NO8. The van der Waals surface area contributed by atoms with Gasteiger partial charge < -0.3 is 25.1 Å². The minimum atomic E-state index is -1.75. The van der Waals surface area contributed by atoms with Gasteiger partial charge in [0.1, 0.15) is 11.6 Å². The number of carboxylic acids is 1. The van der Waals surface area contributed by atoms with Crippen molar-refractivity contribution in [3.63, 3.8) is 0 Å². The van der Waals surface area contributed by atoms with Crippen molar-refractivity contribution in [3.8, 4) is 11.5 Å². The summed E-state index contributed by atoms with van der Waals surface area (Å²) in [4.78, 5) is 48.3. The van der Waals surface area contributed by atoms with E-state index in [1.807, 2.05) is 27.7 Å². The average molecular weight is 494 g/mol. The fraction of sp³-hybridized carbons (Fsp3) is 0.615. The van der Waals surface area contributed by atoms with E-state index in [4.69, 9.17) is 19.9 Å². The maximum absolute atomic E-state index is 12.1. The topological polar surface area (TPSA) is 142 Å². The zero-order valence-electron chi connectivity index (χ0n) is 21.4. The lowest BCUT2D eigenvalue weighted by molar-refractivity contribution is -0.154. The van der Waals surface area contributed by atoms with Crippen molar-refractivity contribution in [3.05, 3.63) is 23.8 Å². The number of hydrogen-bond donors (Lipinski definition) is 2. The third-order valence-electron chi connectivity index (χ3n) is 5.51. The Kier molecular flexibility index (Phi) is 12.4. The molecular weight excluding hydrogens is 454 g/mol. The second-order valence-electron chi connectivity index (χ2n) is 9.09. The lowest BCUT2D eigenvalue weighted by Gasteiger charge is -2.28. The van der Waals surface area contributed by atoms with E-state index in [1.54, 1.807) is 13.0 Å². The quantitative estimate of drug-likeness (QED) is 0.272. The van der Waals surface area contributed by atoms with Crippen molar-refractivity contribution in [2.75, 3.05) is 0 Å². The molecule has 0 aromatic heterocycles. The highest BCUT2D eigenvalue weighted by Crippen LogP contribution is 2.31. The number of carboxylic acid groups (broad SMARTS) is 1. The van der Waals surface area contributed by atoms with Crippen LogP contribution in [0.2, 0.25) is 0 Å². The number of rotatable bonds is 15. The number of nitrogens with two attached hydrogens (primary N) is 1. The number of aliphatic carboxylic acids is 1. The molecule has 196 valence electrons. The van der Waals surface area contributed by atoms with Crippen molar-refractivity contribution in [2.45, 2.75) is 97.6 Å². The summed E-state index contributed by atoms with van der Waals surface area (Å²) in [5.41, 5.74) is 4.96. The van der Waals surface area contributed by atoms with Crippen LogP contribution < -0.4 is 15.2 Å². The standard InChI is InChI=1S/C26H39NO8/c1-6-9-22(28)34-20-12-11-19(14-21(20)35-23(29)10-7-2)16-26(27,25(31)32)15-18(5)33-24(30)13-17(4)8-3/h11-12,14,17-18H,6-10,13,15-16,27H2,1-5H3,(H,31,32)/t17?,18-,26?/m0/s1. The van der Waals surface area contributed by atoms with Gasteiger partial charge in [0.05, 0.1) is 0 Å². The fourth-order valence-corrected chi connectivity index (χ4v) is 3.44. The predicted octanol–water partition coefficient (Wildman–Crippen LogP) is 4.18. The van der Waals surface area contributed by atoms with E-state index in [2.05, 4.69) is 0 Å². The smallest absolute Gasteiger partial charge is 0.324 e. The second-order valence-corrected chi connectivity index (χ2v) is 9.09. The van der Waals surface area contributed by atoms with Crippen LogP contribution in [0, 0.1) is 5.92 Å². The van der Waals surface area contributed by atoms with Crippen LogP contribution in [0.5, 0.6) is 11.5 Å². The SMILES string of the molecule is CCCC(=O)Oc1ccc(CC(N)(C[C@H](C)OC(=O)CC(C)CC)C(=O)O)cc1OC(=O)CCC. The summed E-state index contributed by atoms with van der Waals surface area (Å²) in [5, 5.41) is 9.86. The molecule has 0 spiro atoms. The normalized spacial score (nSPS) is 14.3. The summed E-state index contributed by atoms with van der Waals surface area (Å²) in [5.74, 6) is -2.38. The lowest BCUT2D eigenvalue weighted by atomic mass is 9.86. The highest BCUT2D eigenvalue weighted by molar-refractivity contribution is 5.80. The molecule has 0 amide bonds. The summed E-state index contributed by atoms with van der Waals surface area (Å²) in [7, 11) is 0. The zero-order chi connectivity index (χ0) is 26.6. The van der Waals surface area contributed by atoms with Gasteiger partial charge >= 0.3 is 23.9 Å². The first kappa shape index (κ1) is 30.1. The van der Waals surface area contributed by atoms with Gasteiger partial charge in [-0.15, -0.1) is 0 Å². The molecule has 0 aliphatic rings. The largest absolute Gasteiger partial charge is 0.480 e. The van der Waals surface area contributed by atoms with Crippen molar-refractivity contribution in [1.29, 1.82) is 0 Å². The van der Waals surface area contributed by atoms with E-state index in [9.17, 15) is 24.3 Å². The number of carbonyl (C=O) groups excluding carboxylic acids is 3. The zero-order valence-corrected chi connectivity index (χ0v) is 21.4. The third kappa shape index (κ3) is 10.5. The predicted molar refractivity (Wildman–Crippen MR) is 130 cm³/mol. The third-order valence-corrected chi connectivity index (χ3v) is 5.51. The Morgan fingerprint density at radius 3 is 2.03 bits per heavy atom. The van der Waals surface area contributed by atoms with Gasteiger partial charge in [-0.3, -0.25) is 19.2 Å². The molecule has 1 aromatic carbocycles. The molecule has 0 saturated carbocycles. The molecule has 3 N–H and O–H groups in total. The van der Waals surface area contributed by atoms with E-state index in [1.165, 1.54) is 12.1 Å². The number of esters is 3. The first-order valence-electron chi connectivity index (χ1n) is 12.2. The van der Waals surface area contributed by atoms with E-state index in [0.717, 1.165) is 6.42 Å². The van der Waals surface area contributed by atoms with Gasteiger partial charge in [0.2, 0.25) is 0 Å². The van der Waals surface area contributed by atoms with E-state index in [-0.39, 0.29) is 49.5 Å². The van der Waals surface area contributed by atoms with Gasteiger partial charge in [0, 0.05) is 32.1 Å². The number of carbonyl (C=O) groups is 4. The number of benzene rings is 1. The molecule has 0 bridgehead atoms. The minimum absolute atomic E-state index is 0.0196. The summed E-state index contributed by atoms with van der Waals surface area (Å²) in [6.07, 6.45) is 1.64. The van der Waals surface area contributed by atoms with Gasteiger partial charge in [-0.2, -0.15) is 0 Å². The van der Waals surface area contributed by atoms with Gasteiger partial charge in [0.15, 0.2) is 11.5 Å². The summed E-state index contributed by atoms with van der Waals surface area (Å²) in [6, 6.07) is 4.47. The summed E-state index contributed by atoms with van der Waals surface area (Å²) in [6.45, 7) is 9.17. The molecule has 3 atom stereocenters. The van der Waals surface area contributed by atoms with Crippen LogP contribution in [0.4, 0.5) is 0 Å². The number of ether oxygens (including phenoxy) is 3.